The Kier molecular flexibility index (Phi) is 4.79. The second-order valence-electron chi connectivity index (χ2n) is 5.06. The van der Waals surface area contributed by atoms with Crippen LogP contribution in [-0.4, -0.2) is 12.4 Å². The van der Waals surface area contributed by atoms with Crippen molar-refractivity contribution in [3.8, 4) is 5.75 Å². The summed E-state index contributed by atoms with van der Waals surface area (Å²) in [6, 6.07) is 4.85. The van der Waals surface area contributed by atoms with Crippen LogP contribution in [0, 0.1) is 11.2 Å². The fourth-order valence-corrected chi connectivity index (χ4v) is 3.05. The van der Waals surface area contributed by atoms with E-state index in [9.17, 15) is 4.39 Å². The molecule has 2 rings (SSSR count). The zero-order valence-corrected chi connectivity index (χ0v) is 11.9. The van der Waals surface area contributed by atoms with Gasteiger partial charge in [-0.3, -0.25) is 0 Å². The lowest BCUT2D eigenvalue weighted by atomic mass is 9.76. The standard InChI is InChI=1S/C14H18ClFOS/c15-11-5-4-6-12(13(11)16)17-9-14(10-18)7-2-1-3-8-14/h4-6,18H,1-3,7-10H2. The van der Waals surface area contributed by atoms with Gasteiger partial charge >= 0.3 is 0 Å². The van der Waals surface area contributed by atoms with E-state index in [0.717, 1.165) is 18.6 Å². The summed E-state index contributed by atoms with van der Waals surface area (Å²) in [5, 5.41) is 0.107. The van der Waals surface area contributed by atoms with Gasteiger partial charge in [0.1, 0.15) is 0 Å². The molecule has 1 saturated carbocycles. The smallest absolute Gasteiger partial charge is 0.183 e. The maximum Gasteiger partial charge on any atom is 0.183 e. The molecule has 4 heteroatoms. The van der Waals surface area contributed by atoms with Crippen LogP contribution < -0.4 is 4.74 Å². The van der Waals surface area contributed by atoms with Crippen molar-refractivity contribution in [2.45, 2.75) is 32.1 Å². The fraction of sp³-hybridized carbons (Fsp3) is 0.571. The van der Waals surface area contributed by atoms with E-state index in [-0.39, 0.29) is 16.2 Å². The summed E-state index contributed by atoms with van der Waals surface area (Å²) >= 11 is 10.2. The van der Waals surface area contributed by atoms with Gasteiger partial charge in [-0.2, -0.15) is 12.6 Å². The van der Waals surface area contributed by atoms with E-state index in [1.54, 1.807) is 12.1 Å². The summed E-state index contributed by atoms with van der Waals surface area (Å²) in [5.74, 6) is 0.563. The molecule has 0 saturated heterocycles. The average molecular weight is 289 g/mol. The Balaban J connectivity index is 2.03. The van der Waals surface area contributed by atoms with Gasteiger partial charge in [-0.05, 0) is 30.7 Å². The fourth-order valence-electron chi connectivity index (χ4n) is 2.48. The Bertz CT molecular complexity index is 405. The molecule has 0 unspecified atom stereocenters. The van der Waals surface area contributed by atoms with Crippen LogP contribution in [0.4, 0.5) is 4.39 Å². The van der Waals surface area contributed by atoms with Crippen molar-refractivity contribution in [1.82, 2.24) is 0 Å². The lowest BCUT2D eigenvalue weighted by Gasteiger charge is -2.35. The van der Waals surface area contributed by atoms with E-state index >= 15 is 0 Å². The maximum atomic E-state index is 13.7. The summed E-state index contributed by atoms with van der Waals surface area (Å²) in [6.07, 6.45) is 5.92. The third-order valence-electron chi connectivity index (χ3n) is 3.70. The number of benzene rings is 1. The van der Waals surface area contributed by atoms with Gasteiger partial charge in [-0.15, -0.1) is 0 Å². The Hall–Kier alpha value is -0.410. The minimum Gasteiger partial charge on any atom is -0.490 e. The molecule has 0 spiro atoms. The van der Waals surface area contributed by atoms with Crippen LogP contribution in [0.1, 0.15) is 32.1 Å². The summed E-state index contributed by atoms with van der Waals surface area (Å²) < 4.78 is 19.4. The first-order valence-electron chi connectivity index (χ1n) is 6.35. The van der Waals surface area contributed by atoms with E-state index in [2.05, 4.69) is 12.6 Å². The van der Waals surface area contributed by atoms with Crippen LogP contribution in [-0.2, 0) is 0 Å². The van der Waals surface area contributed by atoms with Crippen molar-refractivity contribution >= 4 is 24.2 Å². The van der Waals surface area contributed by atoms with Gasteiger partial charge in [0.15, 0.2) is 11.6 Å². The SMILES string of the molecule is Fc1c(Cl)cccc1OCC1(CS)CCCCC1. The van der Waals surface area contributed by atoms with Crippen molar-refractivity contribution in [3.05, 3.63) is 29.0 Å². The molecule has 1 fully saturated rings. The quantitative estimate of drug-likeness (QED) is 0.788. The lowest BCUT2D eigenvalue weighted by Crippen LogP contribution is -2.33. The molecule has 100 valence electrons. The number of rotatable bonds is 4. The number of hydrogen-bond donors (Lipinski definition) is 1. The van der Waals surface area contributed by atoms with Crippen molar-refractivity contribution in [3.63, 3.8) is 0 Å². The van der Waals surface area contributed by atoms with Crippen molar-refractivity contribution in [1.29, 1.82) is 0 Å². The van der Waals surface area contributed by atoms with Crippen LogP contribution in [0.25, 0.3) is 0 Å². The molecule has 0 amide bonds. The van der Waals surface area contributed by atoms with Crippen LogP contribution in [0.2, 0.25) is 5.02 Å². The lowest BCUT2D eigenvalue weighted by molar-refractivity contribution is 0.118. The van der Waals surface area contributed by atoms with Crippen molar-refractivity contribution < 1.29 is 9.13 Å². The molecule has 0 aromatic heterocycles. The minimum atomic E-state index is -0.468. The van der Waals surface area contributed by atoms with E-state index < -0.39 is 5.82 Å². The minimum absolute atomic E-state index is 0.0934. The van der Waals surface area contributed by atoms with Gasteiger partial charge < -0.3 is 4.74 Å². The normalized spacial score (nSPS) is 18.6. The molecule has 1 aliphatic rings. The number of hydrogen-bond acceptors (Lipinski definition) is 2. The molecule has 0 radical (unpaired) electrons. The molecule has 0 heterocycles. The third kappa shape index (κ3) is 3.12. The molecule has 0 N–H and O–H groups in total. The first-order valence-corrected chi connectivity index (χ1v) is 7.36. The van der Waals surface area contributed by atoms with Crippen molar-refractivity contribution in [2.24, 2.45) is 5.41 Å². The van der Waals surface area contributed by atoms with Gasteiger partial charge in [0.05, 0.1) is 11.6 Å². The third-order valence-corrected chi connectivity index (χ3v) is 4.66. The maximum absolute atomic E-state index is 13.7. The number of thiol groups is 1. The van der Waals surface area contributed by atoms with Gasteiger partial charge in [0.25, 0.3) is 0 Å². The second-order valence-corrected chi connectivity index (χ2v) is 5.78. The van der Waals surface area contributed by atoms with Gasteiger partial charge in [0, 0.05) is 5.41 Å². The first-order chi connectivity index (χ1) is 8.67. The predicted octanol–water partition coefficient (Wildman–Crippen LogP) is 4.74. The zero-order valence-electron chi connectivity index (χ0n) is 10.3. The highest BCUT2D eigenvalue weighted by atomic mass is 35.5. The first kappa shape index (κ1) is 14.0. The molecule has 1 aromatic carbocycles. The van der Waals surface area contributed by atoms with Crippen LogP contribution in [0.15, 0.2) is 18.2 Å². The molecule has 18 heavy (non-hydrogen) atoms. The van der Waals surface area contributed by atoms with Crippen molar-refractivity contribution in [2.75, 3.05) is 12.4 Å². The van der Waals surface area contributed by atoms with Gasteiger partial charge in [-0.1, -0.05) is 36.9 Å². The van der Waals surface area contributed by atoms with Crippen LogP contribution in [0.5, 0.6) is 5.75 Å². The number of halogens is 2. The highest BCUT2D eigenvalue weighted by Crippen LogP contribution is 2.38. The molecule has 1 aliphatic carbocycles. The average Bonchev–Trinajstić information content (AvgIpc) is 2.41. The number of ether oxygens (including phenoxy) is 1. The largest absolute Gasteiger partial charge is 0.490 e. The molecule has 0 atom stereocenters. The summed E-state index contributed by atoms with van der Waals surface area (Å²) in [7, 11) is 0. The van der Waals surface area contributed by atoms with Crippen LogP contribution in [0.3, 0.4) is 0 Å². The molecular formula is C14H18ClFOS. The Morgan fingerprint density at radius 1 is 1.28 bits per heavy atom. The molecule has 1 nitrogen and oxygen atoms in total. The summed E-state index contributed by atoms with van der Waals surface area (Å²) in [4.78, 5) is 0. The van der Waals surface area contributed by atoms with Gasteiger partial charge in [-0.25, -0.2) is 4.39 Å². The van der Waals surface area contributed by atoms with E-state index in [4.69, 9.17) is 16.3 Å². The van der Waals surface area contributed by atoms with E-state index in [1.807, 2.05) is 0 Å². The Morgan fingerprint density at radius 2 is 2.00 bits per heavy atom. The highest BCUT2D eigenvalue weighted by molar-refractivity contribution is 7.80. The zero-order chi connectivity index (χ0) is 13.0. The Morgan fingerprint density at radius 3 is 2.67 bits per heavy atom. The predicted molar refractivity (Wildman–Crippen MR) is 76.3 cm³/mol. The molecular weight excluding hydrogens is 271 g/mol. The van der Waals surface area contributed by atoms with E-state index in [0.29, 0.717) is 6.61 Å². The molecule has 0 bridgehead atoms. The summed E-state index contributed by atoms with van der Waals surface area (Å²) in [5.41, 5.74) is 0.0934. The van der Waals surface area contributed by atoms with Gasteiger partial charge in [0.2, 0.25) is 0 Å². The summed E-state index contributed by atoms with van der Waals surface area (Å²) in [6.45, 7) is 0.522. The molecule has 0 aliphatic heterocycles. The second kappa shape index (κ2) is 6.16. The topological polar surface area (TPSA) is 9.23 Å². The van der Waals surface area contributed by atoms with Crippen LogP contribution >= 0.6 is 24.2 Å². The van der Waals surface area contributed by atoms with E-state index in [1.165, 1.54) is 25.3 Å². The highest BCUT2D eigenvalue weighted by Gasteiger charge is 2.31. The Labute approximate surface area is 118 Å². The molecule has 1 aromatic rings. The monoisotopic (exact) mass is 288 g/mol.